The third kappa shape index (κ3) is 2.68. The fraction of sp³-hybridized carbons (Fsp3) is 0.273. The molecular formula is C11H14O2. The van der Waals surface area contributed by atoms with Crippen LogP contribution >= 0.6 is 0 Å². The van der Waals surface area contributed by atoms with Crippen LogP contribution in [0, 0.1) is 6.92 Å². The molecule has 1 aromatic carbocycles. The predicted octanol–water partition coefficient (Wildman–Crippen LogP) is 1.49. The second-order valence-electron chi connectivity index (χ2n) is 2.93. The molecule has 0 heterocycles. The fourth-order valence-electron chi connectivity index (χ4n) is 1.19. The largest absolute Gasteiger partial charge is 0.392 e. The normalized spacial score (nSPS) is 11.0. The number of aliphatic hydroxyl groups is 2. The van der Waals surface area contributed by atoms with Crippen molar-refractivity contribution in [2.75, 3.05) is 6.61 Å². The van der Waals surface area contributed by atoms with Crippen molar-refractivity contribution in [3.05, 3.63) is 41.0 Å². The van der Waals surface area contributed by atoms with E-state index in [0.717, 1.165) is 16.7 Å². The highest BCUT2D eigenvalue weighted by molar-refractivity contribution is 5.51. The zero-order valence-corrected chi connectivity index (χ0v) is 7.70. The van der Waals surface area contributed by atoms with Crippen LogP contribution in [-0.2, 0) is 6.61 Å². The summed E-state index contributed by atoms with van der Waals surface area (Å²) in [5.41, 5.74) is 3.06. The Bertz CT molecular complexity index is 303. The van der Waals surface area contributed by atoms with Gasteiger partial charge in [0.2, 0.25) is 0 Å². The molecule has 1 aromatic rings. The first-order valence-electron chi connectivity index (χ1n) is 4.25. The smallest absolute Gasteiger partial charge is 0.0684 e. The highest BCUT2D eigenvalue weighted by atomic mass is 16.3. The summed E-state index contributed by atoms with van der Waals surface area (Å²) in [6, 6.07) is 5.80. The monoisotopic (exact) mass is 178 g/mol. The van der Waals surface area contributed by atoms with Crippen molar-refractivity contribution in [2.45, 2.75) is 13.5 Å². The summed E-state index contributed by atoms with van der Waals surface area (Å²) in [4.78, 5) is 0. The number of hydrogen-bond acceptors (Lipinski definition) is 2. The molecular weight excluding hydrogens is 164 g/mol. The highest BCUT2D eigenvalue weighted by Gasteiger charge is 1.95. The molecule has 70 valence electrons. The Morgan fingerprint density at radius 2 is 2.08 bits per heavy atom. The van der Waals surface area contributed by atoms with Gasteiger partial charge in [0.25, 0.3) is 0 Å². The Kier molecular flexibility index (Phi) is 3.68. The molecule has 0 radical (unpaired) electrons. The molecule has 2 heteroatoms. The predicted molar refractivity (Wildman–Crippen MR) is 53.2 cm³/mol. The van der Waals surface area contributed by atoms with E-state index in [-0.39, 0.29) is 13.2 Å². The number of hydrogen-bond donors (Lipinski definition) is 2. The van der Waals surface area contributed by atoms with E-state index in [0.29, 0.717) is 0 Å². The lowest BCUT2D eigenvalue weighted by Gasteiger charge is -2.02. The minimum absolute atomic E-state index is 0.0563. The molecule has 0 aromatic heterocycles. The van der Waals surface area contributed by atoms with Crippen LogP contribution in [0.3, 0.4) is 0 Å². The van der Waals surface area contributed by atoms with Crippen molar-refractivity contribution in [3.8, 4) is 0 Å². The van der Waals surface area contributed by atoms with Gasteiger partial charge in [0.05, 0.1) is 13.2 Å². The Morgan fingerprint density at radius 1 is 1.31 bits per heavy atom. The van der Waals surface area contributed by atoms with Gasteiger partial charge < -0.3 is 10.2 Å². The van der Waals surface area contributed by atoms with Crippen molar-refractivity contribution < 1.29 is 10.2 Å². The zero-order chi connectivity index (χ0) is 9.68. The average Bonchev–Trinajstić information content (AvgIpc) is 2.15. The molecule has 2 N–H and O–H groups in total. The van der Waals surface area contributed by atoms with Gasteiger partial charge in [0.15, 0.2) is 0 Å². The van der Waals surface area contributed by atoms with Crippen LogP contribution in [0.5, 0.6) is 0 Å². The van der Waals surface area contributed by atoms with E-state index in [4.69, 9.17) is 10.2 Å². The van der Waals surface area contributed by atoms with Crippen LogP contribution in [0.15, 0.2) is 24.3 Å². The van der Waals surface area contributed by atoms with Crippen molar-refractivity contribution >= 4 is 6.08 Å². The van der Waals surface area contributed by atoms with E-state index in [2.05, 4.69) is 0 Å². The van der Waals surface area contributed by atoms with E-state index in [9.17, 15) is 0 Å². The Hall–Kier alpha value is -1.12. The van der Waals surface area contributed by atoms with Gasteiger partial charge in [-0.2, -0.15) is 0 Å². The van der Waals surface area contributed by atoms with Crippen LogP contribution in [-0.4, -0.2) is 16.8 Å². The van der Waals surface area contributed by atoms with Crippen molar-refractivity contribution in [1.29, 1.82) is 0 Å². The summed E-state index contributed by atoms with van der Waals surface area (Å²) in [5, 5.41) is 17.5. The lowest BCUT2D eigenvalue weighted by atomic mass is 10.1. The van der Waals surface area contributed by atoms with Gasteiger partial charge in [-0.3, -0.25) is 0 Å². The van der Waals surface area contributed by atoms with Gasteiger partial charge in [-0.15, -0.1) is 0 Å². The van der Waals surface area contributed by atoms with Gasteiger partial charge in [-0.05, 0) is 23.6 Å². The molecule has 13 heavy (non-hydrogen) atoms. The summed E-state index contributed by atoms with van der Waals surface area (Å²) in [7, 11) is 0. The van der Waals surface area contributed by atoms with Crippen LogP contribution in [0.2, 0.25) is 0 Å². The molecule has 0 bridgehead atoms. The van der Waals surface area contributed by atoms with Gasteiger partial charge >= 0.3 is 0 Å². The van der Waals surface area contributed by atoms with Crippen molar-refractivity contribution in [3.63, 3.8) is 0 Å². The molecule has 0 unspecified atom stereocenters. The summed E-state index contributed by atoms with van der Waals surface area (Å²) in [6.45, 7) is 2.10. The Labute approximate surface area is 78.2 Å². The lowest BCUT2D eigenvalue weighted by molar-refractivity contribution is 0.281. The molecule has 0 aliphatic carbocycles. The lowest BCUT2D eigenvalue weighted by Crippen LogP contribution is -1.88. The van der Waals surface area contributed by atoms with E-state index in [1.807, 2.05) is 31.2 Å². The van der Waals surface area contributed by atoms with E-state index in [1.54, 1.807) is 6.08 Å². The van der Waals surface area contributed by atoms with E-state index >= 15 is 0 Å². The summed E-state index contributed by atoms with van der Waals surface area (Å²) < 4.78 is 0. The molecule has 0 saturated carbocycles. The maximum Gasteiger partial charge on any atom is 0.0684 e. The maximum absolute atomic E-state index is 8.93. The molecule has 2 nitrogen and oxygen atoms in total. The summed E-state index contributed by atoms with van der Waals surface area (Å²) in [5.74, 6) is 0. The van der Waals surface area contributed by atoms with Crippen LogP contribution in [0.25, 0.3) is 6.08 Å². The Balaban J connectivity index is 2.89. The number of aliphatic hydroxyl groups excluding tert-OH is 2. The number of aryl methyl sites for hydroxylation is 1. The third-order valence-corrected chi connectivity index (χ3v) is 1.95. The first kappa shape index (κ1) is 9.96. The Morgan fingerprint density at radius 3 is 2.62 bits per heavy atom. The summed E-state index contributed by atoms with van der Waals surface area (Å²) >= 11 is 0. The van der Waals surface area contributed by atoms with Crippen molar-refractivity contribution in [1.82, 2.24) is 0 Å². The van der Waals surface area contributed by atoms with E-state index in [1.165, 1.54) is 0 Å². The van der Waals surface area contributed by atoms with Crippen LogP contribution in [0.4, 0.5) is 0 Å². The molecule has 0 aliphatic rings. The standard InChI is InChI=1S/C11H14O2/c1-9-7-10(3-2-6-12)4-5-11(9)8-13/h2-5,7,12-13H,6,8H2,1H3. The molecule has 0 aliphatic heterocycles. The topological polar surface area (TPSA) is 40.5 Å². The van der Waals surface area contributed by atoms with Gasteiger partial charge in [0, 0.05) is 0 Å². The number of rotatable bonds is 3. The zero-order valence-electron chi connectivity index (χ0n) is 7.70. The molecule has 0 saturated heterocycles. The molecule has 0 atom stereocenters. The van der Waals surface area contributed by atoms with Gasteiger partial charge in [0.1, 0.15) is 0 Å². The first-order chi connectivity index (χ1) is 6.27. The molecule has 1 rings (SSSR count). The van der Waals surface area contributed by atoms with Gasteiger partial charge in [-0.1, -0.05) is 30.4 Å². The first-order valence-corrected chi connectivity index (χ1v) is 4.25. The highest BCUT2D eigenvalue weighted by Crippen LogP contribution is 2.12. The minimum atomic E-state index is 0.0563. The SMILES string of the molecule is Cc1cc(C=CCO)ccc1CO. The van der Waals surface area contributed by atoms with E-state index < -0.39 is 0 Å². The molecule has 0 fully saturated rings. The second kappa shape index (κ2) is 4.80. The fourth-order valence-corrected chi connectivity index (χ4v) is 1.19. The molecule has 0 amide bonds. The molecule has 0 spiro atoms. The average molecular weight is 178 g/mol. The van der Waals surface area contributed by atoms with Crippen LogP contribution < -0.4 is 0 Å². The second-order valence-corrected chi connectivity index (χ2v) is 2.93. The minimum Gasteiger partial charge on any atom is -0.392 e. The third-order valence-electron chi connectivity index (χ3n) is 1.95. The summed E-state index contributed by atoms with van der Waals surface area (Å²) in [6.07, 6.45) is 3.54. The maximum atomic E-state index is 8.93. The quantitative estimate of drug-likeness (QED) is 0.736. The van der Waals surface area contributed by atoms with Crippen LogP contribution in [0.1, 0.15) is 16.7 Å². The van der Waals surface area contributed by atoms with Gasteiger partial charge in [-0.25, -0.2) is 0 Å². The number of benzene rings is 1. The van der Waals surface area contributed by atoms with Crippen molar-refractivity contribution in [2.24, 2.45) is 0 Å².